The van der Waals surface area contributed by atoms with Crippen molar-refractivity contribution in [1.29, 1.82) is 0 Å². The lowest BCUT2D eigenvalue weighted by atomic mass is 10.2. The summed E-state index contributed by atoms with van der Waals surface area (Å²) in [6, 6.07) is 3.52. The van der Waals surface area contributed by atoms with E-state index >= 15 is 0 Å². The van der Waals surface area contributed by atoms with Crippen LogP contribution in [0.2, 0.25) is 0 Å². The van der Waals surface area contributed by atoms with Crippen molar-refractivity contribution in [3.8, 4) is 0 Å². The molecular weight excluding hydrogens is 188 g/mol. The van der Waals surface area contributed by atoms with Gasteiger partial charge in [0.1, 0.15) is 11.6 Å². The van der Waals surface area contributed by atoms with Crippen LogP contribution in [0.15, 0.2) is 18.2 Å². The maximum Gasteiger partial charge on any atom is 0.131 e. The summed E-state index contributed by atoms with van der Waals surface area (Å²) >= 11 is 0. The van der Waals surface area contributed by atoms with Crippen LogP contribution in [0, 0.1) is 11.6 Å². The second-order valence-electron chi connectivity index (χ2n) is 3.33. The maximum atomic E-state index is 13.1. The molecule has 1 aromatic rings. The van der Waals surface area contributed by atoms with E-state index in [4.69, 9.17) is 4.74 Å². The molecular formula is C10H11F2NO. The molecule has 0 atom stereocenters. The van der Waals surface area contributed by atoms with E-state index in [1.807, 2.05) is 0 Å². The smallest absolute Gasteiger partial charge is 0.131 e. The highest BCUT2D eigenvalue weighted by atomic mass is 19.1. The SMILES string of the molecule is Fc1ccc(COC2CNC2)c(F)c1. The van der Waals surface area contributed by atoms with E-state index in [0.717, 1.165) is 19.2 Å². The van der Waals surface area contributed by atoms with Crippen molar-refractivity contribution in [1.82, 2.24) is 5.32 Å². The van der Waals surface area contributed by atoms with Crippen LogP contribution >= 0.6 is 0 Å². The molecule has 4 heteroatoms. The lowest BCUT2D eigenvalue weighted by molar-refractivity contribution is 0.00635. The van der Waals surface area contributed by atoms with Crippen LogP contribution in [0.3, 0.4) is 0 Å². The second kappa shape index (κ2) is 4.02. The summed E-state index contributed by atoms with van der Waals surface area (Å²) in [4.78, 5) is 0. The predicted octanol–water partition coefficient (Wildman–Crippen LogP) is 1.45. The Morgan fingerprint density at radius 2 is 2.14 bits per heavy atom. The summed E-state index contributed by atoms with van der Waals surface area (Å²) < 4.78 is 31.0. The molecule has 0 unspecified atom stereocenters. The molecule has 0 aliphatic carbocycles. The van der Waals surface area contributed by atoms with Gasteiger partial charge in [0.2, 0.25) is 0 Å². The van der Waals surface area contributed by atoms with Crippen molar-refractivity contribution in [2.24, 2.45) is 0 Å². The zero-order valence-electron chi connectivity index (χ0n) is 7.59. The molecule has 1 aromatic carbocycles. The molecule has 0 radical (unpaired) electrons. The topological polar surface area (TPSA) is 21.3 Å². The summed E-state index contributed by atoms with van der Waals surface area (Å²) in [7, 11) is 0. The summed E-state index contributed by atoms with van der Waals surface area (Å²) in [5.74, 6) is -1.10. The highest BCUT2D eigenvalue weighted by molar-refractivity contribution is 5.17. The molecule has 0 amide bonds. The van der Waals surface area contributed by atoms with Crippen molar-refractivity contribution in [3.63, 3.8) is 0 Å². The van der Waals surface area contributed by atoms with Crippen LogP contribution in [0.4, 0.5) is 8.78 Å². The monoisotopic (exact) mass is 199 g/mol. The normalized spacial score (nSPS) is 16.7. The van der Waals surface area contributed by atoms with Gasteiger partial charge >= 0.3 is 0 Å². The Morgan fingerprint density at radius 1 is 1.36 bits per heavy atom. The van der Waals surface area contributed by atoms with E-state index in [1.54, 1.807) is 0 Å². The number of hydrogen-bond donors (Lipinski definition) is 1. The van der Waals surface area contributed by atoms with Crippen molar-refractivity contribution in [2.75, 3.05) is 13.1 Å². The fraction of sp³-hybridized carbons (Fsp3) is 0.400. The molecule has 1 saturated heterocycles. The van der Waals surface area contributed by atoms with E-state index < -0.39 is 11.6 Å². The lowest BCUT2D eigenvalue weighted by Gasteiger charge is -2.27. The lowest BCUT2D eigenvalue weighted by Crippen LogP contribution is -2.48. The first kappa shape index (κ1) is 9.55. The first-order chi connectivity index (χ1) is 6.75. The number of hydrogen-bond acceptors (Lipinski definition) is 2. The van der Waals surface area contributed by atoms with Gasteiger partial charge in [-0.15, -0.1) is 0 Å². The average Bonchev–Trinajstić information content (AvgIpc) is 2.05. The Kier molecular flexibility index (Phi) is 2.74. The van der Waals surface area contributed by atoms with E-state index in [-0.39, 0.29) is 12.7 Å². The van der Waals surface area contributed by atoms with Crippen LogP contribution in [0.1, 0.15) is 5.56 Å². The largest absolute Gasteiger partial charge is 0.371 e. The van der Waals surface area contributed by atoms with Crippen molar-refractivity contribution < 1.29 is 13.5 Å². The Bertz CT molecular complexity index is 326. The number of rotatable bonds is 3. The summed E-state index contributed by atoms with van der Waals surface area (Å²) in [5, 5.41) is 3.04. The molecule has 1 aliphatic heterocycles. The zero-order chi connectivity index (χ0) is 9.97. The van der Waals surface area contributed by atoms with Gasteiger partial charge in [-0.1, -0.05) is 6.07 Å². The Morgan fingerprint density at radius 3 is 2.71 bits per heavy atom. The van der Waals surface area contributed by atoms with Crippen molar-refractivity contribution >= 4 is 0 Å². The first-order valence-corrected chi connectivity index (χ1v) is 4.52. The van der Waals surface area contributed by atoms with Crippen LogP contribution in [0.5, 0.6) is 0 Å². The molecule has 0 saturated carbocycles. The van der Waals surface area contributed by atoms with Gasteiger partial charge in [-0.3, -0.25) is 0 Å². The minimum atomic E-state index is -0.559. The molecule has 1 fully saturated rings. The van der Waals surface area contributed by atoms with E-state index in [0.29, 0.717) is 5.56 Å². The molecule has 2 rings (SSSR count). The van der Waals surface area contributed by atoms with Crippen LogP contribution in [-0.4, -0.2) is 19.2 Å². The minimum absolute atomic E-state index is 0.166. The van der Waals surface area contributed by atoms with Gasteiger partial charge in [0.25, 0.3) is 0 Å². The van der Waals surface area contributed by atoms with Crippen molar-refractivity contribution in [2.45, 2.75) is 12.7 Å². The van der Waals surface area contributed by atoms with Gasteiger partial charge in [-0.25, -0.2) is 8.78 Å². The summed E-state index contributed by atoms with van der Waals surface area (Å²) in [6.07, 6.45) is 0.166. The van der Waals surface area contributed by atoms with Crippen molar-refractivity contribution in [3.05, 3.63) is 35.4 Å². The number of benzene rings is 1. The van der Waals surface area contributed by atoms with E-state index in [1.165, 1.54) is 12.1 Å². The third-order valence-corrected chi connectivity index (χ3v) is 2.23. The highest BCUT2D eigenvalue weighted by Gasteiger charge is 2.17. The van der Waals surface area contributed by atoms with Crippen LogP contribution < -0.4 is 5.32 Å². The quantitative estimate of drug-likeness (QED) is 0.795. The van der Waals surface area contributed by atoms with Crippen LogP contribution in [0.25, 0.3) is 0 Å². The van der Waals surface area contributed by atoms with Gasteiger partial charge in [0.05, 0.1) is 12.7 Å². The number of ether oxygens (including phenoxy) is 1. The highest BCUT2D eigenvalue weighted by Crippen LogP contribution is 2.12. The third kappa shape index (κ3) is 2.08. The Hall–Kier alpha value is -1.00. The zero-order valence-corrected chi connectivity index (χ0v) is 7.59. The van der Waals surface area contributed by atoms with Crippen LogP contribution in [-0.2, 0) is 11.3 Å². The van der Waals surface area contributed by atoms with Gasteiger partial charge in [0, 0.05) is 24.7 Å². The fourth-order valence-electron chi connectivity index (χ4n) is 1.23. The molecule has 0 aromatic heterocycles. The van der Waals surface area contributed by atoms with Gasteiger partial charge in [-0.2, -0.15) is 0 Å². The number of halogens is 2. The minimum Gasteiger partial charge on any atom is -0.371 e. The molecule has 1 aliphatic rings. The predicted molar refractivity (Wildman–Crippen MR) is 47.8 cm³/mol. The maximum absolute atomic E-state index is 13.1. The Balaban J connectivity index is 1.94. The third-order valence-electron chi connectivity index (χ3n) is 2.23. The molecule has 76 valence electrons. The summed E-state index contributed by atoms with van der Waals surface area (Å²) in [5.41, 5.74) is 0.401. The van der Waals surface area contributed by atoms with E-state index in [9.17, 15) is 8.78 Å². The van der Waals surface area contributed by atoms with E-state index in [2.05, 4.69) is 5.32 Å². The van der Waals surface area contributed by atoms with Gasteiger partial charge < -0.3 is 10.1 Å². The fourth-order valence-corrected chi connectivity index (χ4v) is 1.23. The summed E-state index contributed by atoms with van der Waals surface area (Å²) in [6.45, 7) is 1.82. The first-order valence-electron chi connectivity index (χ1n) is 4.52. The average molecular weight is 199 g/mol. The molecule has 14 heavy (non-hydrogen) atoms. The Labute approximate surface area is 80.9 Å². The second-order valence-corrected chi connectivity index (χ2v) is 3.33. The molecule has 0 spiro atoms. The molecule has 2 nitrogen and oxygen atoms in total. The standard InChI is InChI=1S/C10H11F2NO/c11-8-2-1-7(10(12)3-8)6-14-9-4-13-5-9/h1-3,9,13H,4-6H2. The van der Waals surface area contributed by atoms with Gasteiger partial charge in [0.15, 0.2) is 0 Å². The molecule has 1 N–H and O–H groups in total. The molecule has 1 heterocycles. The molecule has 0 bridgehead atoms. The number of nitrogens with one attached hydrogen (secondary N) is 1. The van der Waals surface area contributed by atoms with Gasteiger partial charge in [-0.05, 0) is 6.07 Å².